The van der Waals surface area contributed by atoms with Crippen molar-refractivity contribution in [1.29, 1.82) is 0 Å². The Morgan fingerprint density at radius 2 is 1.95 bits per heavy atom. The van der Waals surface area contributed by atoms with Crippen LogP contribution in [0.25, 0.3) is 22.2 Å². The molecular weight excluding hydrogens is 525 g/mol. The lowest BCUT2D eigenvalue weighted by atomic mass is 9.92. The van der Waals surface area contributed by atoms with Crippen LogP contribution >= 0.6 is 0 Å². The molecule has 1 saturated carbocycles. The molecule has 5 rings (SSSR count). The normalized spacial score (nSPS) is 14.6. The number of anilines is 2. The van der Waals surface area contributed by atoms with Crippen molar-refractivity contribution in [3.05, 3.63) is 55.1 Å². The number of unbranched alkanes of at least 4 members (excludes halogenated alkanes) is 1. The van der Waals surface area contributed by atoms with Crippen LogP contribution in [0.4, 0.5) is 29.3 Å². The van der Waals surface area contributed by atoms with Gasteiger partial charge in [-0.05, 0) is 63.3 Å². The molecule has 0 saturated heterocycles. The molecule has 1 aliphatic carbocycles. The van der Waals surface area contributed by atoms with Crippen LogP contribution in [0.2, 0.25) is 0 Å². The first-order chi connectivity index (χ1) is 19.2. The van der Waals surface area contributed by atoms with Crippen molar-refractivity contribution in [2.75, 3.05) is 17.7 Å². The van der Waals surface area contributed by atoms with Crippen LogP contribution in [0.15, 0.2) is 55.1 Å². The molecule has 1 atom stereocenters. The number of rotatable bonds is 10. The van der Waals surface area contributed by atoms with Crippen molar-refractivity contribution in [3.63, 3.8) is 0 Å². The number of benzene rings is 2. The number of hydrogen-bond donors (Lipinski definition) is 2. The number of nitrogen functional groups attached to an aromatic ring is 1. The van der Waals surface area contributed by atoms with E-state index in [1.807, 2.05) is 18.2 Å². The molecule has 4 aromatic rings. The van der Waals surface area contributed by atoms with Gasteiger partial charge in [0.05, 0.1) is 23.5 Å². The van der Waals surface area contributed by atoms with Crippen LogP contribution in [0.3, 0.4) is 0 Å². The summed E-state index contributed by atoms with van der Waals surface area (Å²) in [5.74, 6) is 0.768. The minimum absolute atomic E-state index is 0.296. The summed E-state index contributed by atoms with van der Waals surface area (Å²) in [6.07, 6.45) is 0.201. The third-order valence-corrected chi connectivity index (χ3v) is 7.12. The Morgan fingerprint density at radius 3 is 2.60 bits per heavy atom. The number of halogens is 3. The van der Waals surface area contributed by atoms with Gasteiger partial charge in [-0.25, -0.2) is 9.78 Å². The van der Waals surface area contributed by atoms with E-state index in [-0.39, 0.29) is 0 Å². The molecule has 0 radical (unpaired) electrons. The third kappa shape index (κ3) is 6.00. The lowest BCUT2D eigenvalue weighted by Gasteiger charge is -2.30. The van der Waals surface area contributed by atoms with Crippen molar-refractivity contribution >= 4 is 28.4 Å². The number of nitrogens with two attached hydrogens (primary N) is 1. The van der Waals surface area contributed by atoms with Gasteiger partial charge in [-0.1, -0.05) is 12.1 Å². The lowest BCUT2D eigenvalue weighted by Crippen LogP contribution is -2.32. The van der Waals surface area contributed by atoms with Crippen molar-refractivity contribution in [3.8, 4) is 17.0 Å². The molecule has 1 aliphatic rings. The topological polar surface area (TPSA) is 109 Å². The minimum Gasteiger partial charge on any atom is -0.494 e. The molecule has 2 aromatic carbocycles. The molecule has 2 heterocycles. The summed E-state index contributed by atoms with van der Waals surface area (Å²) in [5, 5.41) is 7.37. The highest BCUT2D eigenvalue weighted by molar-refractivity contribution is 6.01. The molecule has 212 valence electrons. The zero-order chi connectivity index (χ0) is 28.3. The molecular formula is C28H31F3N6O3. The van der Waals surface area contributed by atoms with Crippen LogP contribution < -0.4 is 15.8 Å². The highest BCUT2D eigenvalue weighted by atomic mass is 19.4. The van der Waals surface area contributed by atoms with Gasteiger partial charge in [0.1, 0.15) is 18.4 Å². The van der Waals surface area contributed by atoms with Crippen molar-refractivity contribution in [1.82, 2.24) is 19.3 Å². The molecule has 0 aliphatic heterocycles. The van der Waals surface area contributed by atoms with E-state index in [1.165, 1.54) is 6.33 Å². The molecule has 1 fully saturated rings. The summed E-state index contributed by atoms with van der Waals surface area (Å²) in [4.78, 5) is 15.9. The van der Waals surface area contributed by atoms with Gasteiger partial charge < -0.3 is 19.8 Å². The molecule has 1 unspecified atom stereocenters. The number of fused-ring (bicyclic) bond motifs is 1. The zero-order valence-corrected chi connectivity index (χ0v) is 22.0. The van der Waals surface area contributed by atoms with Gasteiger partial charge in [-0.15, -0.1) is 0 Å². The maximum atomic E-state index is 12.7. The SMILES string of the molecule is CC(OC(=O)Nc1ccc(-c2c(N)c3ccc(OCCCCn4cncn4)cc3n2C2CCC2)cc1)C(F)(F)F. The molecule has 9 nitrogen and oxygen atoms in total. The van der Waals surface area contributed by atoms with Gasteiger partial charge in [-0.2, -0.15) is 18.3 Å². The maximum Gasteiger partial charge on any atom is 0.425 e. The maximum absolute atomic E-state index is 12.7. The number of carbonyl (C=O) groups is 1. The van der Waals surface area contributed by atoms with Gasteiger partial charge in [0.2, 0.25) is 0 Å². The standard InChI is InChI=1S/C28H31F3N6O3/c1-18(28(29,30)31)40-27(38)35-20-9-7-19(8-10-20)26-25(32)23-12-11-22(15-24(23)37(26)21-5-4-6-21)39-14-3-2-13-36-17-33-16-34-36/h7-12,15-18,21H,2-6,13-14,32H2,1H3,(H,35,38). The number of alkyl halides is 3. The Bertz CT molecular complexity index is 1450. The second kappa shape index (κ2) is 11.5. The fraction of sp³-hybridized carbons (Fsp3) is 0.393. The van der Waals surface area contributed by atoms with E-state index in [1.54, 1.807) is 35.3 Å². The first-order valence-electron chi connectivity index (χ1n) is 13.2. The summed E-state index contributed by atoms with van der Waals surface area (Å²) in [5.41, 5.74) is 10.3. The van der Waals surface area contributed by atoms with Crippen LogP contribution in [-0.4, -0.2) is 44.3 Å². The fourth-order valence-electron chi connectivity index (χ4n) is 4.73. The van der Waals surface area contributed by atoms with Crippen LogP contribution in [0.5, 0.6) is 5.75 Å². The number of hydrogen-bond acceptors (Lipinski definition) is 6. The smallest absolute Gasteiger partial charge is 0.425 e. The third-order valence-electron chi connectivity index (χ3n) is 7.12. The Balaban J connectivity index is 1.32. The van der Waals surface area contributed by atoms with E-state index in [0.29, 0.717) is 24.0 Å². The molecule has 2 aromatic heterocycles. The molecule has 12 heteroatoms. The minimum atomic E-state index is -4.63. The van der Waals surface area contributed by atoms with Gasteiger partial charge in [0.25, 0.3) is 0 Å². The van der Waals surface area contributed by atoms with E-state index < -0.39 is 18.4 Å². The average Bonchev–Trinajstić information content (AvgIpc) is 3.49. The predicted molar refractivity (Wildman–Crippen MR) is 145 cm³/mol. The number of amides is 1. The van der Waals surface area contributed by atoms with E-state index in [0.717, 1.165) is 73.5 Å². The number of nitrogens with one attached hydrogen (secondary N) is 1. The zero-order valence-electron chi connectivity index (χ0n) is 22.0. The summed E-state index contributed by atoms with van der Waals surface area (Å²) in [7, 11) is 0. The predicted octanol–water partition coefficient (Wildman–Crippen LogP) is 6.57. The van der Waals surface area contributed by atoms with Gasteiger partial charge in [-0.3, -0.25) is 10.00 Å². The quantitative estimate of drug-likeness (QED) is 0.214. The molecule has 3 N–H and O–H groups in total. The second-order valence-electron chi connectivity index (χ2n) is 9.90. The highest BCUT2D eigenvalue weighted by Gasteiger charge is 2.39. The van der Waals surface area contributed by atoms with E-state index in [4.69, 9.17) is 10.5 Å². The van der Waals surface area contributed by atoms with Crippen LogP contribution in [0, 0.1) is 0 Å². The highest BCUT2D eigenvalue weighted by Crippen LogP contribution is 2.45. The second-order valence-corrected chi connectivity index (χ2v) is 9.90. The summed E-state index contributed by atoms with van der Waals surface area (Å²) in [6.45, 7) is 2.14. The van der Waals surface area contributed by atoms with Gasteiger partial charge >= 0.3 is 12.3 Å². The number of aryl methyl sites for hydroxylation is 1. The van der Waals surface area contributed by atoms with Gasteiger partial charge in [0, 0.05) is 35.3 Å². The van der Waals surface area contributed by atoms with E-state index in [9.17, 15) is 18.0 Å². The van der Waals surface area contributed by atoms with Crippen molar-refractivity contribution in [2.24, 2.45) is 0 Å². The number of aromatic nitrogens is 4. The van der Waals surface area contributed by atoms with Crippen molar-refractivity contribution in [2.45, 2.75) is 63.9 Å². The molecule has 0 spiro atoms. The number of carbonyl (C=O) groups excluding carboxylic acids is 1. The average molecular weight is 557 g/mol. The Morgan fingerprint density at radius 1 is 1.18 bits per heavy atom. The van der Waals surface area contributed by atoms with Crippen LogP contribution in [0.1, 0.15) is 45.1 Å². The largest absolute Gasteiger partial charge is 0.494 e. The Kier molecular flexibility index (Phi) is 7.85. The summed E-state index contributed by atoms with van der Waals surface area (Å²) < 4.78 is 52.6. The monoisotopic (exact) mass is 556 g/mol. The van der Waals surface area contributed by atoms with E-state index >= 15 is 0 Å². The molecule has 0 bridgehead atoms. The Labute approximate surface area is 229 Å². The van der Waals surface area contributed by atoms with Crippen molar-refractivity contribution < 1.29 is 27.4 Å². The summed E-state index contributed by atoms with van der Waals surface area (Å²) >= 11 is 0. The van der Waals surface area contributed by atoms with Gasteiger partial charge in [0.15, 0.2) is 6.10 Å². The molecule has 1 amide bonds. The number of ether oxygens (including phenoxy) is 2. The first-order valence-corrected chi connectivity index (χ1v) is 13.2. The first kappa shape index (κ1) is 27.4. The lowest BCUT2D eigenvalue weighted by molar-refractivity contribution is -0.196. The van der Waals surface area contributed by atoms with Crippen LogP contribution in [-0.2, 0) is 11.3 Å². The summed E-state index contributed by atoms with van der Waals surface area (Å²) in [6, 6.07) is 13.0. The number of nitrogens with zero attached hydrogens (tertiary/aromatic N) is 4. The fourth-order valence-corrected chi connectivity index (χ4v) is 4.73. The van der Waals surface area contributed by atoms with E-state index in [2.05, 4.69) is 24.7 Å². The Hall–Kier alpha value is -4.22. The molecule has 40 heavy (non-hydrogen) atoms.